The predicted molar refractivity (Wildman–Crippen MR) is 89.5 cm³/mol. The largest absolute Gasteiger partial charge is 0.339 e. The molecule has 0 bridgehead atoms. The van der Waals surface area contributed by atoms with E-state index >= 15 is 0 Å². The fourth-order valence-corrected chi connectivity index (χ4v) is 3.50. The summed E-state index contributed by atoms with van der Waals surface area (Å²) in [6.07, 6.45) is 13.0. The second kappa shape index (κ2) is 6.58. The Labute approximate surface area is 147 Å². The van der Waals surface area contributed by atoms with Crippen LogP contribution in [0, 0.1) is 12.3 Å². The van der Waals surface area contributed by atoms with Gasteiger partial charge < -0.3 is 9.42 Å². The number of aromatic nitrogens is 2. The van der Waals surface area contributed by atoms with E-state index in [1.165, 1.54) is 0 Å². The van der Waals surface area contributed by atoms with Gasteiger partial charge in [0.2, 0.25) is 11.8 Å². The summed E-state index contributed by atoms with van der Waals surface area (Å²) in [5.74, 6) is 4.57. The molecule has 1 aromatic heterocycles. The lowest BCUT2D eigenvalue weighted by atomic mass is 9.98. The van der Waals surface area contributed by atoms with Gasteiger partial charge in [-0.25, -0.2) is 0 Å². The Kier molecular flexibility index (Phi) is 4.28. The van der Waals surface area contributed by atoms with E-state index in [4.69, 9.17) is 10.9 Å². The van der Waals surface area contributed by atoms with E-state index in [0.29, 0.717) is 31.0 Å². The first-order chi connectivity index (χ1) is 12.2. The molecule has 7 heteroatoms. The summed E-state index contributed by atoms with van der Waals surface area (Å²) in [6, 6.07) is -0.0627. The third-order valence-electron chi connectivity index (χ3n) is 5.30. The number of terminal acetylenes is 1. The minimum Gasteiger partial charge on any atom is -0.339 e. The van der Waals surface area contributed by atoms with Gasteiger partial charge in [0.25, 0.3) is 0 Å². The van der Waals surface area contributed by atoms with Gasteiger partial charge in [-0.2, -0.15) is 15.2 Å². The van der Waals surface area contributed by atoms with E-state index in [0.717, 1.165) is 51.0 Å². The number of piperidine rings is 1. The molecule has 1 saturated heterocycles. The highest BCUT2D eigenvalue weighted by Crippen LogP contribution is 2.41. The molecular weight excluding hydrogens is 318 g/mol. The maximum atomic E-state index is 12.8. The fourth-order valence-electron chi connectivity index (χ4n) is 3.50. The third kappa shape index (κ3) is 3.58. The van der Waals surface area contributed by atoms with E-state index in [1.807, 2.05) is 4.90 Å². The zero-order valence-electron chi connectivity index (χ0n) is 14.4. The molecule has 132 valence electrons. The Morgan fingerprint density at radius 1 is 1.28 bits per heavy atom. The molecule has 4 rings (SSSR count). The Hall–Kier alpha value is -2.23. The predicted octanol–water partition coefficient (Wildman–Crippen LogP) is 3.36. The van der Waals surface area contributed by atoms with Crippen molar-refractivity contribution in [2.24, 2.45) is 10.2 Å². The SMILES string of the molecule is C#CCCC1(CCC(=O)N2CCCCC2c2noc(C3CC3)n2)N=N1. The summed E-state index contributed by atoms with van der Waals surface area (Å²) in [6.45, 7) is 0.752. The van der Waals surface area contributed by atoms with Gasteiger partial charge in [0.15, 0.2) is 11.5 Å². The normalized spacial score (nSPS) is 24.1. The molecule has 1 unspecified atom stereocenters. The molecular formula is C18H23N5O2. The summed E-state index contributed by atoms with van der Waals surface area (Å²) in [4.78, 5) is 19.3. The number of amides is 1. The number of nitrogens with zero attached hydrogens (tertiary/aromatic N) is 5. The highest BCUT2D eigenvalue weighted by molar-refractivity contribution is 5.76. The van der Waals surface area contributed by atoms with Crippen molar-refractivity contribution in [2.45, 2.75) is 75.4 Å². The molecule has 1 atom stereocenters. The van der Waals surface area contributed by atoms with Gasteiger partial charge in [-0.05, 0) is 32.1 Å². The van der Waals surface area contributed by atoms with Gasteiger partial charge in [-0.3, -0.25) is 4.79 Å². The lowest BCUT2D eigenvalue weighted by Crippen LogP contribution is -2.39. The van der Waals surface area contributed by atoms with Gasteiger partial charge in [-0.1, -0.05) is 5.16 Å². The minimum atomic E-state index is -0.404. The Balaban J connectivity index is 1.38. The Morgan fingerprint density at radius 2 is 2.12 bits per heavy atom. The molecule has 7 nitrogen and oxygen atoms in total. The third-order valence-corrected chi connectivity index (χ3v) is 5.30. The Morgan fingerprint density at radius 3 is 2.84 bits per heavy atom. The van der Waals surface area contributed by atoms with Gasteiger partial charge in [-0.15, -0.1) is 12.3 Å². The molecule has 3 aliphatic rings. The molecule has 2 aliphatic heterocycles. The van der Waals surface area contributed by atoms with Crippen LogP contribution in [0.1, 0.15) is 81.5 Å². The summed E-state index contributed by atoms with van der Waals surface area (Å²) in [5.41, 5.74) is -0.404. The molecule has 25 heavy (non-hydrogen) atoms. The van der Waals surface area contributed by atoms with Crippen LogP contribution in [0.15, 0.2) is 14.8 Å². The van der Waals surface area contributed by atoms with Crippen molar-refractivity contribution in [3.05, 3.63) is 11.7 Å². The monoisotopic (exact) mass is 341 g/mol. The second-order valence-corrected chi connectivity index (χ2v) is 7.25. The number of carbonyl (C=O) groups excluding carboxylic acids is 1. The van der Waals surface area contributed by atoms with E-state index < -0.39 is 5.66 Å². The molecule has 0 aromatic carbocycles. The van der Waals surface area contributed by atoms with Crippen LogP contribution in [0.4, 0.5) is 0 Å². The van der Waals surface area contributed by atoms with Crippen molar-refractivity contribution < 1.29 is 9.32 Å². The van der Waals surface area contributed by atoms with Crippen molar-refractivity contribution in [1.82, 2.24) is 15.0 Å². The molecule has 0 radical (unpaired) electrons. The maximum absolute atomic E-state index is 12.8. The number of hydrogen-bond acceptors (Lipinski definition) is 6. The maximum Gasteiger partial charge on any atom is 0.229 e. The number of rotatable bonds is 7. The van der Waals surface area contributed by atoms with Crippen LogP contribution in [-0.2, 0) is 4.79 Å². The van der Waals surface area contributed by atoms with Gasteiger partial charge in [0, 0.05) is 38.1 Å². The lowest BCUT2D eigenvalue weighted by Gasteiger charge is -2.34. The quantitative estimate of drug-likeness (QED) is 0.712. The molecule has 1 aromatic rings. The van der Waals surface area contributed by atoms with Crippen LogP contribution >= 0.6 is 0 Å². The summed E-state index contributed by atoms with van der Waals surface area (Å²) >= 11 is 0. The van der Waals surface area contributed by atoms with Crippen LogP contribution < -0.4 is 0 Å². The summed E-state index contributed by atoms with van der Waals surface area (Å²) < 4.78 is 5.39. The van der Waals surface area contributed by atoms with Crippen molar-refractivity contribution in [1.29, 1.82) is 0 Å². The molecule has 3 heterocycles. The van der Waals surface area contributed by atoms with E-state index in [9.17, 15) is 4.79 Å². The smallest absolute Gasteiger partial charge is 0.229 e. The van der Waals surface area contributed by atoms with Gasteiger partial charge >= 0.3 is 0 Å². The second-order valence-electron chi connectivity index (χ2n) is 7.25. The molecule has 0 N–H and O–H groups in total. The number of likely N-dealkylation sites (tertiary alicyclic amines) is 1. The zero-order chi connectivity index (χ0) is 17.3. The molecule has 1 amide bonds. The number of carbonyl (C=O) groups is 1. The van der Waals surface area contributed by atoms with E-state index in [-0.39, 0.29) is 11.9 Å². The molecule has 1 saturated carbocycles. The highest BCUT2D eigenvalue weighted by atomic mass is 16.5. The van der Waals surface area contributed by atoms with Gasteiger partial charge in [0.1, 0.15) is 0 Å². The first-order valence-electron chi connectivity index (χ1n) is 9.21. The highest BCUT2D eigenvalue weighted by Gasteiger charge is 2.41. The molecule has 0 spiro atoms. The first-order valence-corrected chi connectivity index (χ1v) is 9.21. The van der Waals surface area contributed by atoms with Crippen molar-refractivity contribution in [3.63, 3.8) is 0 Å². The number of hydrogen-bond donors (Lipinski definition) is 0. The molecule has 1 aliphatic carbocycles. The van der Waals surface area contributed by atoms with Gasteiger partial charge in [0.05, 0.1) is 6.04 Å². The first kappa shape index (κ1) is 16.2. The Bertz CT molecular complexity index is 709. The standard InChI is InChI=1S/C18H23N5O2/c1-2-3-10-18(21-22-18)11-9-15(24)23-12-5-4-6-14(23)16-19-17(25-20-16)13-7-8-13/h1,13-14H,3-12H2. The summed E-state index contributed by atoms with van der Waals surface area (Å²) in [5, 5.41) is 12.4. The summed E-state index contributed by atoms with van der Waals surface area (Å²) in [7, 11) is 0. The van der Waals surface area contributed by atoms with E-state index in [2.05, 4.69) is 26.3 Å². The average molecular weight is 341 g/mol. The van der Waals surface area contributed by atoms with Crippen LogP contribution in [0.25, 0.3) is 0 Å². The fraction of sp³-hybridized carbons (Fsp3) is 0.722. The molecule has 2 fully saturated rings. The van der Waals surface area contributed by atoms with Crippen LogP contribution in [0.5, 0.6) is 0 Å². The van der Waals surface area contributed by atoms with Crippen LogP contribution in [0.3, 0.4) is 0 Å². The van der Waals surface area contributed by atoms with Crippen molar-refractivity contribution in [2.75, 3.05) is 6.54 Å². The van der Waals surface area contributed by atoms with Crippen LogP contribution in [0.2, 0.25) is 0 Å². The lowest BCUT2D eigenvalue weighted by molar-refractivity contribution is -0.135. The van der Waals surface area contributed by atoms with Crippen molar-refractivity contribution >= 4 is 5.91 Å². The topological polar surface area (TPSA) is 84.0 Å². The average Bonchev–Trinajstić information content (AvgIpc) is 3.58. The van der Waals surface area contributed by atoms with Crippen molar-refractivity contribution in [3.8, 4) is 12.3 Å². The minimum absolute atomic E-state index is 0.0627. The van der Waals surface area contributed by atoms with Crippen LogP contribution in [-0.4, -0.2) is 33.2 Å². The zero-order valence-corrected chi connectivity index (χ0v) is 14.4. The van der Waals surface area contributed by atoms with E-state index in [1.54, 1.807) is 0 Å².